The van der Waals surface area contributed by atoms with Gasteiger partial charge < -0.3 is 20.1 Å². The number of hydrogen-bond acceptors (Lipinski definition) is 4. The fourth-order valence-corrected chi connectivity index (χ4v) is 3.21. The first-order valence-corrected chi connectivity index (χ1v) is 8.34. The van der Waals surface area contributed by atoms with Gasteiger partial charge in [-0.05, 0) is 38.6 Å². The zero-order valence-corrected chi connectivity index (χ0v) is 13.4. The van der Waals surface area contributed by atoms with E-state index >= 15 is 0 Å². The van der Waals surface area contributed by atoms with Crippen LogP contribution in [0.5, 0.6) is 0 Å². The standard InChI is InChI=1S/C16H32N2O2/c1-13(2)18-12-14(3)17-9-6-15-4-7-16(8-5-15)19-10-11-20-16/h13-15,17-18H,4-12H2,1-3H3. The van der Waals surface area contributed by atoms with Gasteiger partial charge in [-0.25, -0.2) is 0 Å². The largest absolute Gasteiger partial charge is 0.348 e. The molecule has 1 aliphatic carbocycles. The van der Waals surface area contributed by atoms with E-state index in [9.17, 15) is 0 Å². The predicted octanol–water partition coefficient (Wildman–Crippen LogP) is 2.29. The SMILES string of the molecule is CC(C)NCC(C)NCCC1CCC2(CC1)OCCO2. The zero-order valence-electron chi connectivity index (χ0n) is 13.4. The van der Waals surface area contributed by atoms with Crippen LogP contribution in [-0.4, -0.2) is 44.2 Å². The molecule has 2 fully saturated rings. The lowest BCUT2D eigenvalue weighted by Gasteiger charge is -2.35. The summed E-state index contributed by atoms with van der Waals surface area (Å²) in [6.07, 6.45) is 5.95. The van der Waals surface area contributed by atoms with Crippen molar-refractivity contribution in [3.63, 3.8) is 0 Å². The lowest BCUT2D eigenvalue weighted by molar-refractivity contribution is -0.182. The summed E-state index contributed by atoms with van der Waals surface area (Å²) < 4.78 is 11.6. The van der Waals surface area contributed by atoms with E-state index in [1.807, 2.05) is 0 Å². The van der Waals surface area contributed by atoms with Gasteiger partial charge in [0.15, 0.2) is 5.79 Å². The molecule has 118 valence electrons. The van der Waals surface area contributed by atoms with Crippen molar-refractivity contribution in [3.8, 4) is 0 Å². The summed E-state index contributed by atoms with van der Waals surface area (Å²) in [5.41, 5.74) is 0. The maximum atomic E-state index is 5.78. The van der Waals surface area contributed by atoms with Crippen molar-refractivity contribution in [3.05, 3.63) is 0 Å². The summed E-state index contributed by atoms with van der Waals surface area (Å²) in [4.78, 5) is 0. The summed E-state index contributed by atoms with van der Waals surface area (Å²) in [6.45, 7) is 10.4. The van der Waals surface area contributed by atoms with Crippen molar-refractivity contribution in [2.24, 2.45) is 5.92 Å². The third-order valence-corrected chi connectivity index (χ3v) is 4.56. The average Bonchev–Trinajstić information content (AvgIpc) is 2.87. The molecular weight excluding hydrogens is 252 g/mol. The number of hydrogen-bond donors (Lipinski definition) is 2. The fraction of sp³-hybridized carbons (Fsp3) is 1.00. The van der Waals surface area contributed by atoms with Crippen molar-refractivity contribution in [2.45, 2.75) is 70.7 Å². The third-order valence-electron chi connectivity index (χ3n) is 4.56. The smallest absolute Gasteiger partial charge is 0.168 e. The van der Waals surface area contributed by atoms with E-state index in [1.54, 1.807) is 0 Å². The number of rotatable bonds is 7. The first-order chi connectivity index (χ1) is 9.60. The highest BCUT2D eigenvalue weighted by Crippen LogP contribution is 2.39. The first kappa shape index (κ1) is 16.2. The van der Waals surface area contributed by atoms with Crippen LogP contribution >= 0.6 is 0 Å². The number of ether oxygens (including phenoxy) is 2. The molecule has 1 unspecified atom stereocenters. The molecule has 1 atom stereocenters. The minimum Gasteiger partial charge on any atom is -0.348 e. The Morgan fingerprint density at radius 2 is 1.70 bits per heavy atom. The maximum Gasteiger partial charge on any atom is 0.168 e. The Morgan fingerprint density at radius 3 is 2.30 bits per heavy atom. The second-order valence-corrected chi connectivity index (χ2v) is 6.76. The van der Waals surface area contributed by atoms with Crippen LogP contribution in [0.15, 0.2) is 0 Å². The van der Waals surface area contributed by atoms with Crippen molar-refractivity contribution in [1.29, 1.82) is 0 Å². The zero-order chi connectivity index (χ0) is 14.4. The van der Waals surface area contributed by atoms with E-state index in [0.717, 1.165) is 45.1 Å². The van der Waals surface area contributed by atoms with Gasteiger partial charge >= 0.3 is 0 Å². The molecule has 2 rings (SSSR count). The highest BCUT2D eigenvalue weighted by Gasteiger charge is 2.39. The van der Waals surface area contributed by atoms with E-state index in [-0.39, 0.29) is 5.79 Å². The van der Waals surface area contributed by atoms with Gasteiger partial charge in [0, 0.05) is 31.5 Å². The molecule has 2 aliphatic rings. The maximum absolute atomic E-state index is 5.78. The van der Waals surface area contributed by atoms with Gasteiger partial charge in [-0.2, -0.15) is 0 Å². The lowest BCUT2D eigenvalue weighted by Crippen LogP contribution is -2.40. The first-order valence-electron chi connectivity index (χ1n) is 8.34. The summed E-state index contributed by atoms with van der Waals surface area (Å²) in [7, 11) is 0. The highest BCUT2D eigenvalue weighted by atomic mass is 16.7. The molecule has 0 aromatic carbocycles. The molecule has 0 aromatic rings. The van der Waals surface area contributed by atoms with E-state index in [2.05, 4.69) is 31.4 Å². The Bertz CT molecular complexity index is 268. The van der Waals surface area contributed by atoms with Gasteiger partial charge in [-0.3, -0.25) is 0 Å². The van der Waals surface area contributed by atoms with E-state index in [1.165, 1.54) is 19.3 Å². The molecule has 1 saturated heterocycles. The van der Waals surface area contributed by atoms with Gasteiger partial charge in [-0.1, -0.05) is 13.8 Å². The Labute approximate surface area is 124 Å². The summed E-state index contributed by atoms with van der Waals surface area (Å²) in [6, 6.07) is 1.12. The van der Waals surface area contributed by atoms with Crippen molar-refractivity contribution < 1.29 is 9.47 Å². The van der Waals surface area contributed by atoms with Gasteiger partial charge in [0.25, 0.3) is 0 Å². The molecule has 0 radical (unpaired) electrons. The summed E-state index contributed by atoms with van der Waals surface area (Å²) in [5, 5.41) is 7.09. The molecule has 1 heterocycles. The normalized spacial score (nSPS) is 24.6. The van der Waals surface area contributed by atoms with Crippen LogP contribution in [0, 0.1) is 5.92 Å². The molecule has 20 heavy (non-hydrogen) atoms. The molecule has 4 nitrogen and oxygen atoms in total. The fourth-order valence-electron chi connectivity index (χ4n) is 3.21. The van der Waals surface area contributed by atoms with Crippen LogP contribution in [0.2, 0.25) is 0 Å². The molecule has 1 saturated carbocycles. The summed E-state index contributed by atoms with van der Waals surface area (Å²) in [5.74, 6) is 0.643. The molecule has 1 aliphatic heterocycles. The Morgan fingerprint density at radius 1 is 1.05 bits per heavy atom. The van der Waals surface area contributed by atoms with Gasteiger partial charge in [0.2, 0.25) is 0 Å². The minimum absolute atomic E-state index is 0.196. The topological polar surface area (TPSA) is 42.5 Å². The summed E-state index contributed by atoms with van der Waals surface area (Å²) >= 11 is 0. The van der Waals surface area contributed by atoms with Gasteiger partial charge in [-0.15, -0.1) is 0 Å². The van der Waals surface area contributed by atoms with Gasteiger partial charge in [0.1, 0.15) is 0 Å². The molecule has 0 bridgehead atoms. The van der Waals surface area contributed by atoms with Crippen LogP contribution in [0.25, 0.3) is 0 Å². The second kappa shape index (κ2) is 7.74. The third kappa shape index (κ3) is 4.99. The monoisotopic (exact) mass is 284 g/mol. The van der Waals surface area contributed by atoms with Gasteiger partial charge in [0.05, 0.1) is 13.2 Å². The second-order valence-electron chi connectivity index (χ2n) is 6.76. The van der Waals surface area contributed by atoms with E-state index in [4.69, 9.17) is 9.47 Å². The Kier molecular flexibility index (Phi) is 6.27. The van der Waals surface area contributed by atoms with Crippen LogP contribution in [0.1, 0.15) is 52.9 Å². The van der Waals surface area contributed by atoms with Crippen molar-refractivity contribution >= 4 is 0 Å². The Hall–Kier alpha value is -0.160. The average molecular weight is 284 g/mol. The minimum atomic E-state index is -0.196. The quantitative estimate of drug-likeness (QED) is 0.753. The molecule has 1 spiro atoms. The predicted molar refractivity (Wildman–Crippen MR) is 81.8 cm³/mol. The molecule has 0 aromatic heterocycles. The Balaban J connectivity index is 1.54. The van der Waals surface area contributed by atoms with Crippen LogP contribution < -0.4 is 10.6 Å². The van der Waals surface area contributed by atoms with E-state index < -0.39 is 0 Å². The van der Waals surface area contributed by atoms with Crippen LogP contribution in [0.3, 0.4) is 0 Å². The molecule has 2 N–H and O–H groups in total. The molecule has 4 heteroatoms. The highest BCUT2D eigenvalue weighted by molar-refractivity contribution is 4.82. The van der Waals surface area contributed by atoms with E-state index in [0.29, 0.717) is 12.1 Å². The molecular formula is C16H32N2O2. The van der Waals surface area contributed by atoms with Crippen LogP contribution in [0.4, 0.5) is 0 Å². The number of nitrogens with one attached hydrogen (secondary N) is 2. The van der Waals surface area contributed by atoms with Crippen LogP contribution in [-0.2, 0) is 9.47 Å². The van der Waals surface area contributed by atoms with Crippen molar-refractivity contribution in [1.82, 2.24) is 10.6 Å². The molecule has 0 amide bonds. The lowest BCUT2D eigenvalue weighted by atomic mass is 9.83. The van der Waals surface area contributed by atoms with Crippen molar-refractivity contribution in [2.75, 3.05) is 26.3 Å².